The minimum Gasteiger partial charge on any atom is -0.392 e. The molecule has 100 valence electrons. The molecule has 0 aromatic heterocycles. The first-order valence-electron chi connectivity index (χ1n) is 6.71. The van der Waals surface area contributed by atoms with Crippen molar-refractivity contribution < 1.29 is 9.90 Å². The Bertz CT molecular complexity index is 238. The standard InChI is InChI=1S/C13H26N2O2/c1-9(2)12(13(14)17)15-8-11(16)7-10-5-3-4-6-10/h9-12,15-16H,3-8H2,1-2H3,(H2,14,17). The molecular formula is C13H26N2O2. The number of carbonyl (C=O) groups excluding carboxylic acids is 1. The SMILES string of the molecule is CC(C)C(NCC(O)CC1CCCC1)C(N)=O. The van der Waals surface area contributed by atoms with E-state index in [0.717, 1.165) is 6.42 Å². The van der Waals surface area contributed by atoms with Crippen molar-refractivity contribution in [1.29, 1.82) is 0 Å². The number of amides is 1. The maximum Gasteiger partial charge on any atom is 0.234 e. The van der Waals surface area contributed by atoms with E-state index < -0.39 is 0 Å². The summed E-state index contributed by atoms with van der Waals surface area (Å²) < 4.78 is 0. The van der Waals surface area contributed by atoms with Crippen LogP contribution in [0.4, 0.5) is 0 Å². The Morgan fingerprint density at radius 3 is 2.47 bits per heavy atom. The first-order valence-corrected chi connectivity index (χ1v) is 6.71. The molecule has 0 heterocycles. The number of hydrogen-bond acceptors (Lipinski definition) is 3. The van der Waals surface area contributed by atoms with Crippen LogP contribution in [-0.4, -0.2) is 29.7 Å². The molecule has 0 aromatic carbocycles. The van der Waals surface area contributed by atoms with E-state index in [2.05, 4.69) is 5.32 Å². The number of carbonyl (C=O) groups is 1. The Kier molecular flexibility index (Phi) is 5.92. The molecule has 0 saturated heterocycles. The van der Waals surface area contributed by atoms with Crippen molar-refractivity contribution in [3.8, 4) is 0 Å². The van der Waals surface area contributed by atoms with Crippen molar-refractivity contribution in [1.82, 2.24) is 5.32 Å². The lowest BCUT2D eigenvalue weighted by molar-refractivity contribution is -0.121. The van der Waals surface area contributed by atoms with E-state index in [0.29, 0.717) is 12.5 Å². The van der Waals surface area contributed by atoms with Gasteiger partial charge in [0.2, 0.25) is 5.91 Å². The van der Waals surface area contributed by atoms with Gasteiger partial charge >= 0.3 is 0 Å². The zero-order valence-electron chi connectivity index (χ0n) is 11.0. The van der Waals surface area contributed by atoms with E-state index >= 15 is 0 Å². The molecule has 0 aromatic rings. The van der Waals surface area contributed by atoms with Crippen LogP contribution < -0.4 is 11.1 Å². The van der Waals surface area contributed by atoms with E-state index in [4.69, 9.17) is 5.73 Å². The number of nitrogens with one attached hydrogen (secondary N) is 1. The third kappa shape index (κ3) is 5.04. The molecule has 0 bridgehead atoms. The first kappa shape index (κ1) is 14.5. The van der Waals surface area contributed by atoms with Crippen molar-refractivity contribution in [3.63, 3.8) is 0 Å². The zero-order chi connectivity index (χ0) is 12.8. The molecule has 2 unspecified atom stereocenters. The highest BCUT2D eigenvalue weighted by atomic mass is 16.3. The summed E-state index contributed by atoms with van der Waals surface area (Å²) >= 11 is 0. The van der Waals surface area contributed by atoms with Crippen LogP contribution in [0.2, 0.25) is 0 Å². The highest BCUT2D eigenvalue weighted by Crippen LogP contribution is 2.28. The number of rotatable bonds is 7. The summed E-state index contributed by atoms with van der Waals surface area (Å²) in [6, 6.07) is -0.340. The predicted octanol–water partition coefficient (Wildman–Crippen LogP) is 1.03. The molecule has 1 amide bonds. The molecule has 0 radical (unpaired) electrons. The van der Waals surface area contributed by atoms with Gasteiger partial charge in [0.25, 0.3) is 0 Å². The number of hydrogen-bond donors (Lipinski definition) is 3. The number of nitrogens with two attached hydrogens (primary N) is 1. The van der Waals surface area contributed by atoms with Crippen molar-refractivity contribution in [3.05, 3.63) is 0 Å². The van der Waals surface area contributed by atoms with Gasteiger partial charge in [-0.3, -0.25) is 4.79 Å². The second kappa shape index (κ2) is 6.97. The molecule has 1 rings (SSSR count). The average Bonchev–Trinajstić information content (AvgIpc) is 2.69. The van der Waals surface area contributed by atoms with Gasteiger partial charge in [-0.25, -0.2) is 0 Å². The Morgan fingerprint density at radius 2 is 2.00 bits per heavy atom. The monoisotopic (exact) mass is 242 g/mol. The third-order valence-corrected chi connectivity index (χ3v) is 3.63. The van der Waals surface area contributed by atoms with Crippen LogP contribution in [0.3, 0.4) is 0 Å². The summed E-state index contributed by atoms with van der Waals surface area (Å²) in [4.78, 5) is 11.2. The van der Waals surface area contributed by atoms with Crippen LogP contribution in [0.25, 0.3) is 0 Å². The minimum atomic E-state index is -0.362. The van der Waals surface area contributed by atoms with Crippen LogP contribution >= 0.6 is 0 Å². The lowest BCUT2D eigenvalue weighted by atomic mass is 9.99. The van der Waals surface area contributed by atoms with Crippen molar-refractivity contribution >= 4 is 5.91 Å². The summed E-state index contributed by atoms with van der Waals surface area (Å²) in [5.74, 6) is 0.483. The van der Waals surface area contributed by atoms with Crippen LogP contribution in [0.15, 0.2) is 0 Å². The van der Waals surface area contributed by atoms with Crippen molar-refractivity contribution in [2.45, 2.75) is 58.1 Å². The van der Waals surface area contributed by atoms with Gasteiger partial charge < -0.3 is 16.2 Å². The van der Waals surface area contributed by atoms with Gasteiger partial charge in [-0.1, -0.05) is 39.5 Å². The maximum atomic E-state index is 11.2. The lowest BCUT2D eigenvalue weighted by Crippen LogP contribution is -2.47. The fourth-order valence-corrected chi connectivity index (χ4v) is 2.64. The fourth-order valence-electron chi connectivity index (χ4n) is 2.64. The van der Waals surface area contributed by atoms with Crippen LogP contribution in [0.5, 0.6) is 0 Å². The normalized spacial score (nSPS) is 20.7. The van der Waals surface area contributed by atoms with Gasteiger partial charge in [-0.15, -0.1) is 0 Å². The van der Waals surface area contributed by atoms with Crippen molar-refractivity contribution in [2.24, 2.45) is 17.6 Å². The second-order valence-corrected chi connectivity index (χ2v) is 5.57. The molecular weight excluding hydrogens is 216 g/mol. The molecule has 1 fully saturated rings. The molecule has 1 aliphatic rings. The summed E-state index contributed by atoms with van der Waals surface area (Å²) in [5, 5.41) is 13.0. The van der Waals surface area contributed by atoms with E-state index in [1.54, 1.807) is 0 Å². The molecule has 1 saturated carbocycles. The largest absolute Gasteiger partial charge is 0.392 e. The molecule has 4 heteroatoms. The Hall–Kier alpha value is -0.610. The minimum absolute atomic E-state index is 0.159. The van der Waals surface area contributed by atoms with Crippen LogP contribution in [-0.2, 0) is 4.79 Å². The second-order valence-electron chi connectivity index (χ2n) is 5.57. The quantitative estimate of drug-likeness (QED) is 0.624. The third-order valence-electron chi connectivity index (χ3n) is 3.63. The summed E-state index contributed by atoms with van der Waals surface area (Å²) in [7, 11) is 0. The van der Waals surface area contributed by atoms with E-state index in [-0.39, 0.29) is 24.0 Å². The van der Waals surface area contributed by atoms with Crippen LogP contribution in [0.1, 0.15) is 46.0 Å². The van der Waals surface area contributed by atoms with Gasteiger partial charge in [-0.2, -0.15) is 0 Å². The molecule has 17 heavy (non-hydrogen) atoms. The lowest BCUT2D eigenvalue weighted by Gasteiger charge is -2.22. The topological polar surface area (TPSA) is 75.3 Å². The molecule has 4 nitrogen and oxygen atoms in total. The van der Waals surface area contributed by atoms with E-state index in [1.807, 2.05) is 13.8 Å². The molecule has 2 atom stereocenters. The Labute approximate surface area is 104 Å². The first-order chi connectivity index (χ1) is 8.00. The Morgan fingerprint density at radius 1 is 1.41 bits per heavy atom. The van der Waals surface area contributed by atoms with Gasteiger partial charge in [-0.05, 0) is 18.3 Å². The summed E-state index contributed by atoms with van der Waals surface area (Å²) in [5.41, 5.74) is 5.30. The van der Waals surface area contributed by atoms with E-state index in [1.165, 1.54) is 25.7 Å². The fraction of sp³-hybridized carbons (Fsp3) is 0.923. The average molecular weight is 242 g/mol. The highest BCUT2D eigenvalue weighted by Gasteiger charge is 2.22. The summed E-state index contributed by atoms with van der Waals surface area (Å²) in [6.45, 7) is 4.36. The van der Waals surface area contributed by atoms with Crippen molar-refractivity contribution in [2.75, 3.05) is 6.54 Å². The number of aliphatic hydroxyl groups is 1. The predicted molar refractivity (Wildman–Crippen MR) is 68.4 cm³/mol. The molecule has 1 aliphatic carbocycles. The van der Waals surface area contributed by atoms with Gasteiger partial charge in [0, 0.05) is 6.54 Å². The van der Waals surface area contributed by atoms with Gasteiger partial charge in [0.1, 0.15) is 0 Å². The van der Waals surface area contributed by atoms with E-state index in [9.17, 15) is 9.90 Å². The highest BCUT2D eigenvalue weighted by molar-refractivity contribution is 5.80. The number of aliphatic hydroxyl groups excluding tert-OH is 1. The van der Waals surface area contributed by atoms with Gasteiger partial charge in [0.15, 0.2) is 0 Å². The smallest absolute Gasteiger partial charge is 0.234 e. The number of primary amides is 1. The maximum absolute atomic E-state index is 11.2. The van der Waals surface area contributed by atoms with Gasteiger partial charge in [0.05, 0.1) is 12.1 Å². The molecule has 0 spiro atoms. The zero-order valence-corrected chi connectivity index (χ0v) is 11.0. The summed E-state index contributed by atoms with van der Waals surface area (Å²) in [6.07, 6.45) is 5.54. The Balaban J connectivity index is 2.25. The molecule has 4 N–H and O–H groups in total. The molecule has 0 aliphatic heterocycles. The van der Waals surface area contributed by atoms with Crippen LogP contribution in [0, 0.1) is 11.8 Å².